The van der Waals surface area contributed by atoms with E-state index in [9.17, 15) is 14.3 Å². The Balaban J connectivity index is 2.22. The highest BCUT2D eigenvalue weighted by Crippen LogP contribution is 2.21. The molecule has 0 unspecified atom stereocenters. The van der Waals surface area contributed by atoms with Crippen molar-refractivity contribution in [3.63, 3.8) is 0 Å². The minimum Gasteiger partial charge on any atom is -0.507 e. The van der Waals surface area contributed by atoms with Crippen molar-refractivity contribution in [2.75, 3.05) is 12.3 Å². The average molecular weight is 288 g/mol. The zero-order chi connectivity index (χ0) is 15.4. The second-order valence-corrected chi connectivity index (χ2v) is 4.73. The Morgan fingerprint density at radius 2 is 2.05 bits per heavy atom. The molecule has 0 bridgehead atoms. The number of carbonyl (C=O) groups excluding carboxylic acids is 1. The summed E-state index contributed by atoms with van der Waals surface area (Å²) < 4.78 is 13.0. The second-order valence-electron chi connectivity index (χ2n) is 4.73. The Labute approximate surface area is 122 Å². The van der Waals surface area contributed by atoms with Crippen LogP contribution in [0.2, 0.25) is 0 Å². The van der Waals surface area contributed by atoms with Gasteiger partial charge in [-0.2, -0.15) is 0 Å². The van der Waals surface area contributed by atoms with Gasteiger partial charge in [0.15, 0.2) is 0 Å². The third-order valence-electron chi connectivity index (χ3n) is 3.18. The molecule has 0 aromatic heterocycles. The molecule has 0 saturated carbocycles. The monoisotopic (exact) mass is 288 g/mol. The molecule has 4 nitrogen and oxygen atoms in total. The fourth-order valence-corrected chi connectivity index (χ4v) is 2.10. The van der Waals surface area contributed by atoms with Gasteiger partial charge in [0, 0.05) is 24.8 Å². The highest BCUT2D eigenvalue weighted by molar-refractivity contribution is 5.96. The van der Waals surface area contributed by atoms with Crippen LogP contribution >= 0.6 is 0 Å². The first-order valence-corrected chi connectivity index (χ1v) is 6.63. The molecule has 1 amide bonds. The number of hydrogen-bond acceptors (Lipinski definition) is 3. The number of aromatic hydroxyl groups is 1. The third-order valence-corrected chi connectivity index (χ3v) is 3.18. The highest BCUT2D eigenvalue weighted by atomic mass is 19.1. The fraction of sp³-hybridized carbons (Fsp3) is 0.188. The SMILES string of the molecule is CCN(Cc1cccc(N)c1)C(=O)c1ccc(F)cc1O. The number of carbonyl (C=O) groups is 1. The van der Waals surface area contributed by atoms with Crippen LogP contribution in [-0.4, -0.2) is 22.5 Å². The summed E-state index contributed by atoms with van der Waals surface area (Å²) in [5.74, 6) is -1.29. The van der Waals surface area contributed by atoms with Crippen molar-refractivity contribution in [2.45, 2.75) is 13.5 Å². The van der Waals surface area contributed by atoms with E-state index in [0.717, 1.165) is 17.7 Å². The minimum absolute atomic E-state index is 0.0853. The van der Waals surface area contributed by atoms with Crippen LogP contribution in [0.15, 0.2) is 42.5 Å². The molecule has 0 fully saturated rings. The van der Waals surface area contributed by atoms with Crippen molar-refractivity contribution < 1.29 is 14.3 Å². The van der Waals surface area contributed by atoms with Gasteiger partial charge in [-0.3, -0.25) is 4.79 Å². The van der Waals surface area contributed by atoms with E-state index in [4.69, 9.17) is 5.73 Å². The third kappa shape index (κ3) is 3.51. The zero-order valence-corrected chi connectivity index (χ0v) is 11.7. The van der Waals surface area contributed by atoms with Crippen LogP contribution in [0.1, 0.15) is 22.8 Å². The molecule has 21 heavy (non-hydrogen) atoms. The molecule has 0 aliphatic carbocycles. The Morgan fingerprint density at radius 1 is 1.29 bits per heavy atom. The summed E-state index contributed by atoms with van der Waals surface area (Å²) in [6.45, 7) is 2.67. The number of hydrogen-bond donors (Lipinski definition) is 2. The van der Waals surface area contributed by atoms with E-state index in [1.54, 1.807) is 17.0 Å². The van der Waals surface area contributed by atoms with Crippen molar-refractivity contribution in [1.29, 1.82) is 0 Å². The highest BCUT2D eigenvalue weighted by Gasteiger charge is 2.18. The molecule has 0 atom stereocenters. The number of rotatable bonds is 4. The molecule has 2 rings (SSSR count). The summed E-state index contributed by atoms with van der Waals surface area (Å²) in [4.78, 5) is 14.0. The van der Waals surface area contributed by atoms with Crippen LogP contribution in [0.5, 0.6) is 5.75 Å². The number of amides is 1. The van der Waals surface area contributed by atoms with Crippen molar-refractivity contribution >= 4 is 11.6 Å². The molecule has 2 aromatic carbocycles. The van der Waals surface area contributed by atoms with Crippen molar-refractivity contribution in [3.05, 3.63) is 59.4 Å². The summed E-state index contributed by atoms with van der Waals surface area (Å²) in [5, 5.41) is 9.71. The Kier molecular flexibility index (Phi) is 4.42. The van der Waals surface area contributed by atoms with Crippen molar-refractivity contribution in [1.82, 2.24) is 4.90 Å². The van der Waals surface area contributed by atoms with Gasteiger partial charge in [0.25, 0.3) is 5.91 Å². The minimum atomic E-state index is -0.581. The van der Waals surface area contributed by atoms with Gasteiger partial charge in [-0.05, 0) is 36.8 Å². The number of benzene rings is 2. The van der Waals surface area contributed by atoms with Gasteiger partial charge in [0.1, 0.15) is 11.6 Å². The van der Waals surface area contributed by atoms with Gasteiger partial charge in [0.05, 0.1) is 5.56 Å². The molecule has 0 heterocycles. The summed E-state index contributed by atoms with van der Waals surface area (Å²) in [6.07, 6.45) is 0. The van der Waals surface area contributed by atoms with Crippen LogP contribution in [0, 0.1) is 5.82 Å². The molecule has 5 heteroatoms. The van der Waals surface area contributed by atoms with Gasteiger partial charge in [0.2, 0.25) is 0 Å². The lowest BCUT2D eigenvalue weighted by molar-refractivity contribution is 0.0749. The quantitative estimate of drug-likeness (QED) is 0.850. The van der Waals surface area contributed by atoms with Crippen molar-refractivity contribution in [3.8, 4) is 5.75 Å². The average Bonchev–Trinajstić information content (AvgIpc) is 2.44. The van der Waals surface area contributed by atoms with E-state index in [1.807, 2.05) is 19.1 Å². The van der Waals surface area contributed by atoms with Crippen LogP contribution in [0.25, 0.3) is 0 Å². The maximum absolute atomic E-state index is 13.0. The summed E-state index contributed by atoms with van der Waals surface area (Å²) in [6, 6.07) is 10.6. The second kappa shape index (κ2) is 6.26. The first kappa shape index (κ1) is 14.8. The number of nitrogens with zero attached hydrogens (tertiary/aromatic N) is 1. The van der Waals surface area contributed by atoms with Crippen LogP contribution in [-0.2, 0) is 6.54 Å². The summed E-state index contributed by atoms with van der Waals surface area (Å²) in [5.41, 5.74) is 7.32. The molecule has 0 radical (unpaired) electrons. The van der Waals surface area contributed by atoms with E-state index in [-0.39, 0.29) is 17.2 Å². The van der Waals surface area contributed by atoms with Crippen molar-refractivity contribution in [2.24, 2.45) is 0 Å². The molecule has 2 aromatic rings. The van der Waals surface area contributed by atoms with E-state index in [2.05, 4.69) is 0 Å². The predicted molar refractivity (Wildman–Crippen MR) is 79.3 cm³/mol. The topological polar surface area (TPSA) is 66.6 Å². The predicted octanol–water partition coefficient (Wildman–Crippen LogP) is 2.78. The number of halogens is 1. The standard InChI is InChI=1S/C16H17FN2O2/c1-2-19(10-11-4-3-5-13(18)8-11)16(21)14-7-6-12(17)9-15(14)20/h3-9,20H,2,10,18H2,1H3. The van der Waals surface area contributed by atoms with Gasteiger partial charge in [-0.1, -0.05) is 12.1 Å². The van der Waals surface area contributed by atoms with E-state index >= 15 is 0 Å². The molecule has 0 saturated heterocycles. The summed E-state index contributed by atoms with van der Waals surface area (Å²) >= 11 is 0. The summed E-state index contributed by atoms with van der Waals surface area (Å²) in [7, 11) is 0. The first-order valence-electron chi connectivity index (χ1n) is 6.63. The molecular weight excluding hydrogens is 271 g/mol. The lowest BCUT2D eigenvalue weighted by atomic mass is 10.1. The maximum atomic E-state index is 13.0. The Morgan fingerprint density at radius 3 is 2.67 bits per heavy atom. The van der Waals surface area contributed by atoms with Crippen LogP contribution in [0.3, 0.4) is 0 Å². The van der Waals surface area contributed by atoms with E-state index in [1.165, 1.54) is 6.07 Å². The van der Waals surface area contributed by atoms with E-state index in [0.29, 0.717) is 18.8 Å². The first-order chi connectivity index (χ1) is 10.0. The maximum Gasteiger partial charge on any atom is 0.257 e. The molecule has 0 spiro atoms. The largest absolute Gasteiger partial charge is 0.507 e. The number of nitrogens with two attached hydrogens (primary N) is 1. The lowest BCUT2D eigenvalue weighted by Crippen LogP contribution is -2.30. The number of phenolic OH excluding ortho intramolecular Hbond substituents is 1. The van der Waals surface area contributed by atoms with Crippen LogP contribution < -0.4 is 5.73 Å². The van der Waals surface area contributed by atoms with Gasteiger partial charge >= 0.3 is 0 Å². The van der Waals surface area contributed by atoms with Gasteiger partial charge in [-0.25, -0.2) is 4.39 Å². The van der Waals surface area contributed by atoms with E-state index < -0.39 is 5.82 Å². The smallest absolute Gasteiger partial charge is 0.257 e. The fourth-order valence-electron chi connectivity index (χ4n) is 2.10. The number of phenols is 1. The molecular formula is C16H17FN2O2. The van der Waals surface area contributed by atoms with Crippen LogP contribution in [0.4, 0.5) is 10.1 Å². The normalized spacial score (nSPS) is 10.4. The lowest BCUT2D eigenvalue weighted by Gasteiger charge is -2.21. The molecule has 110 valence electrons. The molecule has 3 N–H and O–H groups in total. The number of nitrogen functional groups attached to an aromatic ring is 1. The molecule has 0 aliphatic rings. The Bertz CT molecular complexity index is 658. The zero-order valence-electron chi connectivity index (χ0n) is 11.7. The van der Waals surface area contributed by atoms with Gasteiger partial charge < -0.3 is 15.7 Å². The van der Waals surface area contributed by atoms with Gasteiger partial charge in [-0.15, -0.1) is 0 Å². The number of anilines is 1. The Hall–Kier alpha value is -2.56. The molecule has 0 aliphatic heterocycles.